The lowest BCUT2D eigenvalue weighted by molar-refractivity contribution is -0.137. The van der Waals surface area contributed by atoms with Gasteiger partial charge in [-0.15, -0.1) is 0 Å². The molecule has 0 radical (unpaired) electrons. The molecule has 0 aliphatic rings. The summed E-state index contributed by atoms with van der Waals surface area (Å²) < 4.78 is 18.3. The Balaban J connectivity index is 2.93. The molecule has 0 atom stereocenters. The topological polar surface area (TPSA) is 66.8 Å². The molecule has 0 saturated carbocycles. The van der Waals surface area contributed by atoms with Gasteiger partial charge in [0.2, 0.25) is 0 Å². The van der Waals surface area contributed by atoms with Crippen LogP contribution in [0.5, 0.6) is 0 Å². The minimum absolute atomic E-state index is 0.162. The lowest BCUT2D eigenvalue weighted by Gasteiger charge is -2.20. The summed E-state index contributed by atoms with van der Waals surface area (Å²) in [6.45, 7) is -0.0263. The molecule has 1 aromatic rings. The first kappa shape index (κ1) is 15.8. The molecule has 0 aliphatic heterocycles. The summed E-state index contributed by atoms with van der Waals surface area (Å²) in [5.41, 5.74) is 0.277. The number of hydrogen-bond donors (Lipinski definition) is 1. The average Bonchev–Trinajstić information content (AvgIpc) is 2.33. The Bertz CT molecular complexity index is 481. The quantitative estimate of drug-likeness (QED) is 0.761. The van der Waals surface area contributed by atoms with Gasteiger partial charge in [0.15, 0.2) is 0 Å². The molecule has 1 rings (SSSR count). The second kappa shape index (κ2) is 7.39. The predicted molar refractivity (Wildman–Crippen MR) is 74.5 cm³/mol. The minimum Gasteiger partial charge on any atom is -0.480 e. The van der Waals surface area contributed by atoms with E-state index in [0.29, 0.717) is 3.57 Å². The van der Waals surface area contributed by atoms with Crippen molar-refractivity contribution in [1.29, 1.82) is 0 Å². The van der Waals surface area contributed by atoms with Gasteiger partial charge in [-0.1, -0.05) is 0 Å². The van der Waals surface area contributed by atoms with Gasteiger partial charge in [0.1, 0.15) is 12.4 Å². The van der Waals surface area contributed by atoms with Crippen molar-refractivity contribution >= 4 is 34.5 Å². The number of hydrogen-bond acceptors (Lipinski definition) is 3. The Morgan fingerprint density at radius 1 is 1.47 bits per heavy atom. The van der Waals surface area contributed by atoms with Crippen LogP contribution < -0.4 is 0 Å². The first-order valence-corrected chi connectivity index (χ1v) is 6.48. The molecule has 0 spiro atoms. The molecule has 0 unspecified atom stereocenters. The lowest BCUT2D eigenvalue weighted by Crippen LogP contribution is -2.38. The Hall–Kier alpha value is -1.22. The number of carboxylic acid groups (broad SMARTS) is 1. The number of methoxy groups -OCH3 is 1. The summed E-state index contributed by atoms with van der Waals surface area (Å²) in [6, 6.07) is 3.74. The van der Waals surface area contributed by atoms with Gasteiger partial charge < -0.3 is 14.7 Å². The molecule has 0 heterocycles. The Morgan fingerprint density at radius 3 is 2.68 bits per heavy atom. The summed E-state index contributed by atoms with van der Waals surface area (Å²) >= 11 is 1.84. The first-order chi connectivity index (χ1) is 8.95. The molecule has 0 aliphatic carbocycles. The van der Waals surface area contributed by atoms with Crippen LogP contribution in [0.15, 0.2) is 18.2 Å². The third-order valence-electron chi connectivity index (χ3n) is 2.34. The SMILES string of the molecule is COCCN(CC(=O)O)C(=O)c1ccc(F)cc1I. The highest BCUT2D eigenvalue weighted by molar-refractivity contribution is 14.1. The maximum Gasteiger partial charge on any atom is 0.323 e. The highest BCUT2D eigenvalue weighted by atomic mass is 127. The maximum absolute atomic E-state index is 13.0. The Labute approximate surface area is 123 Å². The van der Waals surface area contributed by atoms with Crippen LogP contribution in [0.25, 0.3) is 0 Å². The zero-order valence-electron chi connectivity index (χ0n) is 10.2. The van der Waals surface area contributed by atoms with Crippen LogP contribution in [0, 0.1) is 9.39 Å². The van der Waals surface area contributed by atoms with Gasteiger partial charge in [-0.2, -0.15) is 0 Å². The van der Waals surface area contributed by atoms with Gasteiger partial charge in [0.25, 0.3) is 5.91 Å². The van der Waals surface area contributed by atoms with Gasteiger partial charge in [0.05, 0.1) is 12.2 Å². The highest BCUT2D eigenvalue weighted by Crippen LogP contribution is 2.16. The number of aliphatic carboxylic acids is 1. The summed E-state index contributed by atoms with van der Waals surface area (Å²) in [5, 5.41) is 8.80. The molecule has 5 nitrogen and oxygen atoms in total. The van der Waals surface area contributed by atoms with Crippen molar-refractivity contribution in [3.05, 3.63) is 33.1 Å². The van der Waals surface area contributed by atoms with Gasteiger partial charge >= 0.3 is 5.97 Å². The van der Waals surface area contributed by atoms with Crippen LogP contribution in [0.4, 0.5) is 4.39 Å². The van der Waals surface area contributed by atoms with E-state index in [0.717, 1.165) is 4.90 Å². The zero-order chi connectivity index (χ0) is 14.4. The van der Waals surface area contributed by atoms with Crippen LogP contribution >= 0.6 is 22.6 Å². The van der Waals surface area contributed by atoms with Gasteiger partial charge in [-0.3, -0.25) is 9.59 Å². The fraction of sp³-hybridized carbons (Fsp3) is 0.333. The molecule has 0 fully saturated rings. The first-order valence-electron chi connectivity index (χ1n) is 5.40. The van der Waals surface area contributed by atoms with Gasteiger partial charge in [-0.05, 0) is 40.8 Å². The third kappa shape index (κ3) is 4.75. The third-order valence-corrected chi connectivity index (χ3v) is 3.23. The van der Waals surface area contributed by atoms with E-state index >= 15 is 0 Å². The summed E-state index contributed by atoms with van der Waals surface area (Å²) in [4.78, 5) is 24.1. The number of amides is 1. The van der Waals surface area contributed by atoms with E-state index in [1.807, 2.05) is 22.6 Å². The number of carbonyl (C=O) groups excluding carboxylic acids is 1. The molecule has 1 N–H and O–H groups in total. The normalized spacial score (nSPS) is 10.3. The molecule has 104 valence electrons. The van der Waals surface area contributed by atoms with Crippen LogP contribution in [-0.2, 0) is 9.53 Å². The van der Waals surface area contributed by atoms with E-state index in [9.17, 15) is 14.0 Å². The highest BCUT2D eigenvalue weighted by Gasteiger charge is 2.20. The summed E-state index contributed by atoms with van der Waals surface area (Å²) in [5.74, 6) is -2.01. The van der Waals surface area contributed by atoms with E-state index in [1.54, 1.807) is 0 Å². The number of nitrogens with zero attached hydrogens (tertiary/aromatic N) is 1. The average molecular weight is 381 g/mol. The molecular formula is C12H13FINO4. The van der Waals surface area contributed by atoms with E-state index in [1.165, 1.54) is 25.3 Å². The second-order valence-electron chi connectivity index (χ2n) is 3.74. The van der Waals surface area contributed by atoms with E-state index in [-0.39, 0.29) is 18.7 Å². The van der Waals surface area contributed by atoms with Crippen molar-refractivity contribution < 1.29 is 23.8 Å². The molecule has 0 aromatic heterocycles. The number of ether oxygens (including phenoxy) is 1. The van der Waals surface area contributed by atoms with Gasteiger partial charge in [-0.25, -0.2) is 4.39 Å². The predicted octanol–water partition coefficient (Wildman–Crippen LogP) is 1.60. The standard InChI is InChI=1S/C12H13FINO4/c1-19-5-4-15(7-11(16)17)12(18)9-3-2-8(13)6-10(9)14/h2-3,6H,4-5,7H2,1H3,(H,16,17). The molecule has 0 saturated heterocycles. The van der Waals surface area contributed by atoms with Crippen LogP contribution in [0.3, 0.4) is 0 Å². The molecule has 0 bridgehead atoms. The Kier molecular flexibility index (Phi) is 6.16. The molecule has 7 heteroatoms. The fourth-order valence-corrected chi connectivity index (χ4v) is 2.16. The Morgan fingerprint density at radius 2 is 2.16 bits per heavy atom. The number of rotatable bonds is 6. The zero-order valence-corrected chi connectivity index (χ0v) is 12.4. The number of carboxylic acids is 1. The van der Waals surface area contributed by atoms with Crippen molar-refractivity contribution in [3.8, 4) is 0 Å². The monoisotopic (exact) mass is 381 g/mol. The number of benzene rings is 1. The van der Waals surface area contributed by atoms with Crippen LogP contribution in [0.1, 0.15) is 10.4 Å². The van der Waals surface area contributed by atoms with E-state index < -0.39 is 24.2 Å². The smallest absolute Gasteiger partial charge is 0.323 e. The van der Waals surface area contributed by atoms with Crippen LogP contribution in [0.2, 0.25) is 0 Å². The largest absolute Gasteiger partial charge is 0.480 e. The van der Waals surface area contributed by atoms with Crippen molar-refractivity contribution in [2.45, 2.75) is 0 Å². The van der Waals surface area contributed by atoms with Crippen molar-refractivity contribution in [2.24, 2.45) is 0 Å². The fourth-order valence-electron chi connectivity index (χ4n) is 1.45. The minimum atomic E-state index is -1.11. The molecule has 19 heavy (non-hydrogen) atoms. The van der Waals surface area contributed by atoms with E-state index in [2.05, 4.69) is 0 Å². The number of halogens is 2. The van der Waals surface area contributed by atoms with Crippen molar-refractivity contribution in [3.63, 3.8) is 0 Å². The molecular weight excluding hydrogens is 368 g/mol. The van der Waals surface area contributed by atoms with Crippen molar-refractivity contribution in [2.75, 3.05) is 26.8 Å². The lowest BCUT2D eigenvalue weighted by atomic mass is 10.2. The second-order valence-corrected chi connectivity index (χ2v) is 4.90. The van der Waals surface area contributed by atoms with Gasteiger partial charge in [0, 0.05) is 17.2 Å². The van der Waals surface area contributed by atoms with Crippen molar-refractivity contribution in [1.82, 2.24) is 4.90 Å². The van der Waals surface area contributed by atoms with E-state index in [4.69, 9.17) is 9.84 Å². The van der Waals surface area contributed by atoms with Crippen LogP contribution in [-0.4, -0.2) is 48.7 Å². The number of carbonyl (C=O) groups is 2. The summed E-state index contributed by atoms with van der Waals surface area (Å²) in [7, 11) is 1.46. The molecule has 1 amide bonds. The molecule has 1 aromatic carbocycles. The summed E-state index contributed by atoms with van der Waals surface area (Å²) in [6.07, 6.45) is 0. The maximum atomic E-state index is 13.0.